The van der Waals surface area contributed by atoms with E-state index in [9.17, 15) is 9.59 Å². The summed E-state index contributed by atoms with van der Waals surface area (Å²) in [6.07, 6.45) is 1.42. The van der Waals surface area contributed by atoms with E-state index in [1.54, 1.807) is 12.1 Å². The summed E-state index contributed by atoms with van der Waals surface area (Å²) in [6, 6.07) is 7.36. The maximum absolute atomic E-state index is 12.2. The highest BCUT2D eigenvalue weighted by atomic mass is 35.5. The quantitative estimate of drug-likeness (QED) is 0.915. The van der Waals surface area contributed by atoms with Gasteiger partial charge >= 0.3 is 0 Å². The summed E-state index contributed by atoms with van der Waals surface area (Å²) in [4.78, 5) is 27.0. The molecule has 6 heteroatoms. The Kier molecular flexibility index (Phi) is 3.66. The van der Waals surface area contributed by atoms with Crippen LogP contribution in [0.5, 0.6) is 0 Å². The molecule has 2 rings (SSSR count). The first-order chi connectivity index (χ1) is 8.97. The fraction of sp³-hybridized carbons (Fsp3) is 0.154. The predicted octanol–water partition coefficient (Wildman–Crippen LogP) is 2.15. The lowest BCUT2D eigenvalue weighted by Crippen LogP contribution is -2.25. The maximum atomic E-state index is 12.2. The number of nitrogens with one attached hydrogen (secondary N) is 1. The maximum Gasteiger partial charge on any atom is 0.298 e. The van der Waals surface area contributed by atoms with Crippen molar-refractivity contribution in [2.75, 3.05) is 5.32 Å². The van der Waals surface area contributed by atoms with E-state index in [0.29, 0.717) is 5.69 Å². The van der Waals surface area contributed by atoms with Gasteiger partial charge < -0.3 is 5.32 Å². The van der Waals surface area contributed by atoms with Crippen molar-refractivity contribution >= 4 is 23.3 Å². The summed E-state index contributed by atoms with van der Waals surface area (Å²) in [5, 5.41) is 2.50. The smallest absolute Gasteiger partial charge is 0.298 e. The van der Waals surface area contributed by atoms with E-state index in [2.05, 4.69) is 10.3 Å². The number of aryl methyl sites for hydroxylation is 1. The summed E-state index contributed by atoms with van der Waals surface area (Å²) >= 11 is 5.86. The molecule has 1 aromatic carbocycles. The Bertz CT molecular complexity index is 677. The minimum atomic E-state index is -0.427. The molecule has 0 aliphatic carbocycles. The van der Waals surface area contributed by atoms with E-state index in [1.165, 1.54) is 17.7 Å². The molecule has 2 aromatic rings. The molecule has 0 saturated heterocycles. The molecule has 0 radical (unpaired) electrons. The second-order valence-electron chi connectivity index (χ2n) is 4.10. The van der Waals surface area contributed by atoms with E-state index >= 15 is 0 Å². The highest BCUT2D eigenvalue weighted by Crippen LogP contribution is 2.12. The van der Waals surface area contributed by atoms with Crippen molar-refractivity contribution in [2.24, 2.45) is 0 Å². The average molecular weight is 278 g/mol. The molecule has 0 saturated carbocycles. The van der Waals surface area contributed by atoms with Crippen LogP contribution in [0, 0.1) is 6.92 Å². The van der Waals surface area contributed by atoms with Crippen LogP contribution in [0.2, 0.25) is 5.15 Å². The minimum absolute atomic E-state index is 0.0828. The summed E-state index contributed by atoms with van der Waals surface area (Å²) in [5.41, 5.74) is 1.31. The van der Waals surface area contributed by atoms with Crippen LogP contribution in [0.1, 0.15) is 12.5 Å². The Morgan fingerprint density at radius 1 is 1.32 bits per heavy atom. The van der Waals surface area contributed by atoms with Crippen molar-refractivity contribution in [3.8, 4) is 5.69 Å². The lowest BCUT2D eigenvalue weighted by Gasteiger charge is -2.09. The van der Waals surface area contributed by atoms with Crippen LogP contribution >= 0.6 is 11.6 Å². The molecule has 1 amide bonds. The molecule has 19 heavy (non-hydrogen) atoms. The monoisotopic (exact) mass is 277 g/mol. The molecule has 5 nitrogen and oxygen atoms in total. The third-order valence-electron chi connectivity index (χ3n) is 2.48. The van der Waals surface area contributed by atoms with Gasteiger partial charge in [0.15, 0.2) is 0 Å². The van der Waals surface area contributed by atoms with E-state index in [1.807, 2.05) is 19.1 Å². The Balaban J connectivity index is 2.57. The summed E-state index contributed by atoms with van der Waals surface area (Å²) in [7, 11) is 0. The van der Waals surface area contributed by atoms with Crippen LogP contribution in [-0.4, -0.2) is 15.5 Å². The normalized spacial score (nSPS) is 10.3. The second kappa shape index (κ2) is 5.24. The number of hydrogen-bond acceptors (Lipinski definition) is 3. The predicted molar refractivity (Wildman–Crippen MR) is 73.9 cm³/mol. The van der Waals surface area contributed by atoms with Gasteiger partial charge in [0.25, 0.3) is 5.56 Å². The zero-order chi connectivity index (χ0) is 14.0. The number of halogens is 1. The van der Waals surface area contributed by atoms with E-state index in [0.717, 1.165) is 5.56 Å². The van der Waals surface area contributed by atoms with E-state index in [4.69, 9.17) is 11.6 Å². The molecule has 0 atom stereocenters. The molecule has 0 aliphatic heterocycles. The molecule has 1 aromatic heterocycles. The van der Waals surface area contributed by atoms with Gasteiger partial charge in [-0.05, 0) is 19.1 Å². The van der Waals surface area contributed by atoms with Gasteiger partial charge in [-0.3, -0.25) is 14.2 Å². The third-order valence-corrected chi connectivity index (χ3v) is 2.66. The number of carbonyl (C=O) groups is 1. The molecular formula is C13H12ClN3O2. The highest BCUT2D eigenvalue weighted by molar-refractivity contribution is 6.29. The van der Waals surface area contributed by atoms with Crippen molar-refractivity contribution in [3.05, 3.63) is 51.5 Å². The lowest BCUT2D eigenvalue weighted by molar-refractivity contribution is -0.114. The van der Waals surface area contributed by atoms with Gasteiger partial charge in [-0.1, -0.05) is 29.3 Å². The first-order valence-electron chi connectivity index (χ1n) is 5.61. The van der Waals surface area contributed by atoms with Crippen LogP contribution in [0.15, 0.2) is 35.3 Å². The number of anilines is 1. The fourth-order valence-electron chi connectivity index (χ4n) is 1.61. The Hall–Kier alpha value is -2.14. The third kappa shape index (κ3) is 3.00. The summed E-state index contributed by atoms with van der Waals surface area (Å²) < 4.78 is 1.35. The van der Waals surface area contributed by atoms with Crippen molar-refractivity contribution < 1.29 is 4.79 Å². The van der Waals surface area contributed by atoms with Crippen LogP contribution in [0.4, 0.5) is 5.82 Å². The molecular weight excluding hydrogens is 266 g/mol. The molecule has 0 fully saturated rings. The van der Waals surface area contributed by atoms with E-state index < -0.39 is 5.56 Å². The number of nitrogens with zero attached hydrogens (tertiary/aromatic N) is 2. The standard InChI is InChI=1S/C13H12ClN3O2/c1-8-3-5-10(6-4-8)17-7-11(14)16-12(13(17)19)15-9(2)18/h3-7H,1-2H3,(H,15,16,18). The zero-order valence-corrected chi connectivity index (χ0v) is 11.2. The van der Waals surface area contributed by atoms with Crippen LogP contribution < -0.4 is 10.9 Å². The molecule has 98 valence electrons. The largest absolute Gasteiger partial charge is 0.306 e. The number of hydrogen-bond donors (Lipinski definition) is 1. The molecule has 0 aliphatic rings. The highest BCUT2D eigenvalue weighted by Gasteiger charge is 2.10. The van der Waals surface area contributed by atoms with Crippen molar-refractivity contribution in [3.63, 3.8) is 0 Å². The topological polar surface area (TPSA) is 64.0 Å². The number of aromatic nitrogens is 2. The van der Waals surface area contributed by atoms with Crippen LogP contribution in [0.3, 0.4) is 0 Å². The fourth-order valence-corrected chi connectivity index (χ4v) is 1.79. The van der Waals surface area contributed by atoms with Gasteiger partial charge in [0.2, 0.25) is 11.7 Å². The minimum Gasteiger partial charge on any atom is -0.306 e. The molecule has 0 spiro atoms. The molecule has 0 bridgehead atoms. The summed E-state index contributed by atoms with van der Waals surface area (Å²) in [6.45, 7) is 3.26. The Labute approximate surface area is 114 Å². The molecule has 1 heterocycles. The number of rotatable bonds is 2. The Morgan fingerprint density at radius 2 is 1.95 bits per heavy atom. The second-order valence-corrected chi connectivity index (χ2v) is 4.49. The van der Waals surface area contributed by atoms with Crippen molar-refractivity contribution in [1.82, 2.24) is 9.55 Å². The number of amides is 1. The van der Waals surface area contributed by atoms with Gasteiger partial charge in [-0.2, -0.15) is 0 Å². The van der Waals surface area contributed by atoms with Gasteiger partial charge in [-0.25, -0.2) is 4.98 Å². The lowest BCUT2D eigenvalue weighted by atomic mass is 10.2. The van der Waals surface area contributed by atoms with E-state index in [-0.39, 0.29) is 16.9 Å². The van der Waals surface area contributed by atoms with Crippen molar-refractivity contribution in [1.29, 1.82) is 0 Å². The zero-order valence-electron chi connectivity index (χ0n) is 10.5. The van der Waals surface area contributed by atoms with Crippen LogP contribution in [0.25, 0.3) is 5.69 Å². The average Bonchev–Trinajstić information content (AvgIpc) is 2.34. The first kappa shape index (κ1) is 13.3. The first-order valence-corrected chi connectivity index (χ1v) is 5.99. The van der Waals surface area contributed by atoms with Crippen LogP contribution in [-0.2, 0) is 4.79 Å². The number of carbonyl (C=O) groups excluding carboxylic acids is 1. The Morgan fingerprint density at radius 3 is 2.53 bits per heavy atom. The SMILES string of the molecule is CC(=O)Nc1nc(Cl)cn(-c2ccc(C)cc2)c1=O. The number of benzene rings is 1. The molecule has 0 unspecified atom stereocenters. The molecule has 1 N–H and O–H groups in total. The van der Waals surface area contributed by atoms with Gasteiger partial charge in [0.05, 0.1) is 6.20 Å². The van der Waals surface area contributed by atoms with Gasteiger partial charge in [0, 0.05) is 12.6 Å². The van der Waals surface area contributed by atoms with Crippen molar-refractivity contribution in [2.45, 2.75) is 13.8 Å². The van der Waals surface area contributed by atoms with Gasteiger partial charge in [-0.15, -0.1) is 0 Å². The van der Waals surface area contributed by atoms with Gasteiger partial charge in [0.1, 0.15) is 5.15 Å². The summed E-state index contributed by atoms with van der Waals surface area (Å²) in [5.74, 6) is -0.456.